The third kappa shape index (κ3) is 4.22. The summed E-state index contributed by atoms with van der Waals surface area (Å²) < 4.78 is 7.38. The molecule has 2 N–H and O–H groups in total. The number of carbonyl (C=O) groups is 1. The Morgan fingerprint density at radius 2 is 1.65 bits per heavy atom. The molecule has 6 aliphatic rings. The highest BCUT2D eigenvalue weighted by Gasteiger charge is 2.67. The summed E-state index contributed by atoms with van der Waals surface area (Å²) >= 11 is 0. The van der Waals surface area contributed by atoms with E-state index >= 15 is 0 Å². The molecule has 2 saturated heterocycles. The number of aliphatic hydroxyl groups is 2. The number of piperidine rings is 1. The summed E-state index contributed by atoms with van der Waals surface area (Å²) in [5.41, 5.74) is 0.354. The molecular formula is C31H53N2O4+. The summed E-state index contributed by atoms with van der Waals surface area (Å²) in [5, 5.41) is 21.3. The van der Waals surface area contributed by atoms with Crippen molar-refractivity contribution in [1.29, 1.82) is 0 Å². The maximum absolute atomic E-state index is 12.4. The van der Waals surface area contributed by atoms with Crippen LogP contribution < -0.4 is 0 Å². The molecule has 2 aliphatic heterocycles. The van der Waals surface area contributed by atoms with Gasteiger partial charge in [0.05, 0.1) is 32.3 Å². The topological polar surface area (TPSA) is 70.0 Å². The Labute approximate surface area is 224 Å². The van der Waals surface area contributed by atoms with Crippen molar-refractivity contribution in [3.8, 4) is 0 Å². The van der Waals surface area contributed by atoms with Gasteiger partial charge in [0, 0.05) is 50.7 Å². The van der Waals surface area contributed by atoms with Crippen LogP contribution >= 0.6 is 0 Å². The predicted octanol–water partition coefficient (Wildman–Crippen LogP) is 3.98. The second-order valence-corrected chi connectivity index (χ2v) is 15.0. The van der Waals surface area contributed by atoms with Crippen molar-refractivity contribution in [2.75, 3.05) is 33.2 Å². The fourth-order valence-electron chi connectivity index (χ4n) is 11.2. The van der Waals surface area contributed by atoms with E-state index in [4.69, 9.17) is 4.74 Å². The second kappa shape index (κ2) is 9.45. The van der Waals surface area contributed by atoms with Crippen LogP contribution in [0.1, 0.15) is 91.4 Å². The third-order valence-electron chi connectivity index (χ3n) is 13.3. The second-order valence-electron chi connectivity index (χ2n) is 15.0. The van der Waals surface area contributed by atoms with Gasteiger partial charge in [0.15, 0.2) is 6.10 Å². The number of nitrogens with zero attached hydrogens (tertiary/aromatic N) is 2. The van der Waals surface area contributed by atoms with Crippen molar-refractivity contribution >= 4 is 5.97 Å². The van der Waals surface area contributed by atoms with Crippen LogP contribution in [-0.4, -0.2) is 89.2 Å². The Kier molecular flexibility index (Phi) is 6.78. The molecule has 4 saturated carbocycles. The summed E-state index contributed by atoms with van der Waals surface area (Å²) in [7, 11) is 2.44. The zero-order valence-electron chi connectivity index (χ0n) is 23.9. The molecule has 0 aromatic rings. The first-order valence-corrected chi connectivity index (χ1v) is 15.7. The first-order chi connectivity index (χ1) is 17.5. The maximum atomic E-state index is 12.4. The SMILES string of the molecule is CC(=O)OC1C([N+]2(C)CCCC2)C[C@H]2[C@@H]3CCC4CC(O)C(N5CCC(O)CC5)C[C@]4(C)[C@@H]3CC[C@]12C. The molecule has 6 fully saturated rings. The van der Waals surface area contributed by atoms with Crippen LogP contribution in [0.25, 0.3) is 0 Å². The van der Waals surface area contributed by atoms with Crippen molar-refractivity contribution in [3.63, 3.8) is 0 Å². The minimum atomic E-state index is -0.234. The van der Waals surface area contributed by atoms with Crippen molar-refractivity contribution in [2.24, 2.45) is 34.5 Å². The molecule has 37 heavy (non-hydrogen) atoms. The number of hydrogen-bond acceptors (Lipinski definition) is 5. The number of fused-ring (bicyclic) bond motifs is 5. The van der Waals surface area contributed by atoms with Gasteiger partial charge >= 0.3 is 5.97 Å². The number of likely N-dealkylation sites (tertiary alicyclic amines) is 2. The third-order valence-corrected chi connectivity index (χ3v) is 13.3. The number of esters is 1. The molecule has 0 bridgehead atoms. The van der Waals surface area contributed by atoms with Gasteiger partial charge in [-0.3, -0.25) is 9.69 Å². The number of ether oxygens (including phenoxy) is 1. The fraction of sp³-hybridized carbons (Fsp3) is 0.968. The van der Waals surface area contributed by atoms with Gasteiger partial charge in [-0.05, 0) is 80.5 Å². The number of carbonyl (C=O) groups excluding carboxylic acids is 1. The van der Waals surface area contributed by atoms with E-state index in [1.54, 1.807) is 6.92 Å². The van der Waals surface area contributed by atoms with Crippen LogP contribution in [0, 0.1) is 34.5 Å². The molecule has 0 radical (unpaired) electrons. The summed E-state index contributed by atoms with van der Waals surface area (Å²) in [5.74, 6) is 2.55. The number of likely N-dealkylation sites (N-methyl/N-ethyl adjacent to an activating group) is 1. The lowest BCUT2D eigenvalue weighted by Crippen LogP contribution is -2.61. The number of rotatable bonds is 3. The average Bonchev–Trinajstić information content (AvgIpc) is 3.42. The summed E-state index contributed by atoms with van der Waals surface area (Å²) in [6.07, 6.45) is 12.1. The van der Waals surface area contributed by atoms with Crippen LogP contribution in [0.4, 0.5) is 0 Å². The first kappa shape index (κ1) is 26.5. The molecular weight excluding hydrogens is 464 g/mol. The normalized spacial score (nSPS) is 50.2. The Morgan fingerprint density at radius 1 is 0.946 bits per heavy atom. The molecule has 10 atom stereocenters. The summed E-state index contributed by atoms with van der Waals surface area (Å²) in [6, 6.07) is 0.673. The highest BCUT2D eigenvalue weighted by Crippen LogP contribution is 2.67. The zero-order chi connectivity index (χ0) is 26.2. The molecule has 5 unspecified atom stereocenters. The largest absolute Gasteiger partial charge is 0.456 e. The summed E-state index contributed by atoms with van der Waals surface area (Å²) in [4.78, 5) is 14.9. The molecule has 6 rings (SSSR count). The van der Waals surface area contributed by atoms with Crippen molar-refractivity contribution < 1.29 is 24.2 Å². The standard InChI is InChI=1S/C31H53N2O4/c1-20(34)37-29-27(33(4)15-5-6-16-33)18-25-23-8-7-21-17-28(36)26(32-13-10-22(35)11-14-32)19-31(21,3)24(23)9-12-30(25,29)2/h21-29,35-36H,5-19H2,1-4H3/q+1/t21?,23-,24-,25+,26?,27?,28?,29?,30+,31+/m1/s1. The van der Waals surface area contributed by atoms with Gasteiger partial charge in [0.2, 0.25) is 0 Å². The zero-order valence-corrected chi connectivity index (χ0v) is 23.9. The highest BCUT2D eigenvalue weighted by atomic mass is 16.5. The Balaban J connectivity index is 1.27. The van der Waals surface area contributed by atoms with Gasteiger partial charge in [0.1, 0.15) is 6.04 Å². The van der Waals surface area contributed by atoms with Crippen LogP contribution in [0.2, 0.25) is 0 Å². The van der Waals surface area contributed by atoms with Crippen molar-refractivity contribution in [3.05, 3.63) is 0 Å². The lowest BCUT2D eigenvalue weighted by molar-refractivity contribution is -0.924. The van der Waals surface area contributed by atoms with E-state index in [0.29, 0.717) is 29.7 Å². The lowest BCUT2D eigenvalue weighted by atomic mass is 9.44. The van der Waals surface area contributed by atoms with Crippen LogP contribution in [-0.2, 0) is 9.53 Å². The van der Waals surface area contributed by atoms with E-state index in [0.717, 1.165) is 43.3 Å². The quantitative estimate of drug-likeness (QED) is 0.438. The van der Waals surface area contributed by atoms with Gasteiger partial charge < -0.3 is 19.4 Å². The highest BCUT2D eigenvalue weighted by molar-refractivity contribution is 5.66. The van der Waals surface area contributed by atoms with E-state index in [2.05, 4.69) is 25.8 Å². The van der Waals surface area contributed by atoms with Crippen LogP contribution in [0.5, 0.6) is 0 Å². The molecule has 0 spiro atoms. The number of hydrogen-bond donors (Lipinski definition) is 2. The van der Waals surface area contributed by atoms with E-state index in [1.807, 2.05) is 0 Å². The van der Waals surface area contributed by atoms with Crippen molar-refractivity contribution in [2.45, 2.75) is 122 Å². The smallest absolute Gasteiger partial charge is 0.303 e. The van der Waals surface area contributed by atoms with Gasteiger partial charge in [-0.2, -0.15) is 0 Å². The van der Waals surface area contributed by atoms with E-state index < -0.39 is 0 Å². The van der Waals surface area contributed by atoms with E-state index in [9.17, 15) is 15.0 Å². The molecule has 0 aromatic heterocycles. The monoisotopic (exact) mass is 517 g/mol. The minimum absolute atomic E-state index is 0.0466. The molecule has 6 heteroatoms. The Morgan fingerprint density at radius 3 is 2.32 bits per heavy atom. The van der Waals surface area contributed by atoms with E-state index in [-0.39, 0.29) is 41.2 Å². The van der Waals surface area contributed by atoms with Crippen LogP contribution in [0.3, 0.4) is 0 Å². The molecule has 4 aliphatic carbocycles. The number of quaternary nitrogens is 1. The van der Waals surface area contributed by atoms with Gasteiger partial charge in [0.25, 0.3) is 0 Å². The Hall–Kier alpha value is -0.690. The molecule has 0 aromatic carbocycles. The molecule has 0 amide bonds. The fourth-order valence-corrected chi connectivity index (χ4v) is 11.2. The van der Waals surface area contributed by atoms with Gasteiger partial charge in [-0.1, -0.05) is 13.8 Å². The minimum Gasteiger partial charge on any atom is -0.456 e. The van der Waals surface area contributed by atoms with Gasteiger partial charge in [-0.25, -0.2) is 0 Å². The average molecular weight is 518 g/mol. The molecule has 210 valence electrons. The van der Waals surface area contributed by atoms with Crippen LogP contribution in [0.15, 0.2) is 0 Å². The lowest BCUT2D eigenvalue weighted by Gasteiger charge is -2.62. The predicted molar refractivity (Wildman–Crippen MR) is 144 cm³/mol. The maximum Gasteiger partial charge on any atom is 0.303 e. The summed E-state index contributed by atoms with van der Waals surface area (Å²) in [6.45, 7) is 11.0. The van der Waals surface area contributed by atoms with Gasteiger partial charge in [-0.15, -0.1) is 0 Å². The first-order valence-electron chi connectivity index (χ1n) is 15.7. The Bertz CT molecular complexity index is 867. The van der Waals surface area contributed by atoms with Crippen molar-refractivity contribution in [1.82, 2.24) is 4.90 Å². The molecule has 2 heterocycles. The van der Waals surface area contributed by atoms with E-state index in [1.165, 1.54) is 58.0 Å². The number of aliphatic hydroxyl groups excluding tert-OH is 2. The molecule has 6 nitrogen and oxygen atoms in total.